The van der Waals surface area contributed by atoms with Crippen LogP contribution in [0.15, 0.2) is 30.3 Å². The van der Waals surface area contributed by atoms with E-state index in [1.807, 2.05) is 6.07 Å². The first-order chi connectivity index (χ1) is 9.49. The van der Waals surface area contributed by atoms with E-state index in [9.17, 15) is 14.7 Å². The molecule has 0 amide bonds. The average molecular weight is 283 g/mol. The maximum atomic E-state index is 10.8. The minimum Gasteiger partial charge on any atom is -0.491 e. The van der Waals surface area contributed by atoms with Gasteiger partial charge in [-0.15, -0.1) is 0 Å². The van der Waals surface area contributed by atoms with Crippen molar-refractivity contribution in [1.82, 2.24) is 5.32 Å². The molecule has 2 atom stereocenters. The molecule has 1 aromatic carbocycles. The Morgan fingerprint density at radius 2 is 1.85 bits per heavy atom. The van der Waals surface area contributed by atoms with E-state index in [0.717, 1.165) is 0 Å². The number of aliphatic hydroxyl groups excluding tert-OH is 1. The molecule has 0 fully saturated rings. The summed E-state index contributed by atoms with van der Waals surface area (Å²) in [4.78, 5) is 21.3. The van der Waals surface area contributed by atoms with Gasteiger partial charge in [-0.2, -0.15) is 0 Å². The molecule has 0 heterocycles. The lowest BCUT2D eigenvalue weighted by atomic mass is 10.2. The number of carboxylic acid groups (broad SMARTS) is 2. The first-order valence-electron chi connectivity index (χ1n) is 6.03. The zero-order chi connectivity index (χ0) is 15.0. The smallest absolute Gasteiger partial charge is 0.321 e. The fourth-order valence-corrected chi connectivity index (χ4v) is 1.47. The summed E-state index contributed by atoms with van der Waals surface area (Å²) in [5.41, 5.74) is 0. The lowest BCUT2D eigenvalue weighted by Gasteiger charge is -2.16. The van der Waals surface area contributed by atoms with Crippen molar-refractivity contribution in [1.29, 1.82) is 0 Å². The van der Waals surface area contributed by atoms with Gasteiger partial charge >= 0.3 is 11.9 Å². The van der Waals surface area contributed by atoms with Crippen molar-refractivity contribution >= 4 is 11.9 Å². The van der Waals surface area contributed by atoms with E-state index in [2.05, 4.69) is 5.32 Å². The molecule has 7 heteroatoms. The van der Waals surface area contributed by atoms with Crippen molar-refractivity contribution in [2.75, 3.05) is 13.2 Å². The summed E-state index contributed by atoms with van der Waals surface area (Å²) < 4.78 is 5.29. The molecule has 0 aromatic heterocycles. The first kappa shape index (κ1) is 15.9. The van der Waals surface area contributed by atoms with Gasteiger partial charge in [0.05, 0.1) is 6.42 Å². The summed E-state index contributed by atoms with van der Waals surface area (Å²) in [5.74, 6) is -1.91. The van der Waals surface area contributed by atoms with Crippen molar-refractivity contribution in [3.05, 3.63) is 30.3 Å². The molecule has 4 N–H and O–H groups in total. The van der Waals surface area contributed by atoms with Gasteiger partial charge in [0.15, 0.2) is 0 Å². The number of benzene rings is 1. The van der Waals surface area contributed by atoms with E-state index in [1.54, 1.807) is 24.3 Å². The third-order valence-electron chi connectivity index (χ3n) is 2.46. The molecule has 110 valence electrons. The van der Waals surface area contributed by atoms with Crippen LogP contribution in [0, 0.1) is 0 Å². The van der Waals surface area contributed by atoms with Crippen LogP contribution in [0.2, 0.25) is 0 Å². The standard InChI is InChI=1S/C13H17NO6/c15-9(8-20-10-4-2-1-3-5-10)7-14-11(13(18)19)6-12(16)17/h1-5,9,11,14-15H,6-8H2,(H,16,17)(H,18,19)/t9-,11+/m1/s1. The largest absolute Gasteiger partial charge is 0.491 e. The van der Waals surface area contributed by atoms with Gasteiger partial charge in [-0.05, 0) is 12.1 Å². The lowest BCUT2D eigenvalue weighted by Crippen LogP contribution is -2.43. The molecular formula is C13H17NO6. The Balaban J connectivity index is 2.32. The number of carbonyl (C=O) groups is 2. The van der Waals surface area contributed by atoms with Gasteiger partial charge in [0.1, 0.15) is 24.5 Å². The van der Waals surface area contributed by atoms with E-state index >= 15 is 0 Å². The van der Waals surface area contributed by atoms with Crippen LogP contribution < -0.4 is 10.1 Å². The molecular weight excluding hydrogens is 266 g/mol. The maximum absolute atomic E-state index is 10.8. The number of rotatable bonds is 9. The molecule has 0 aliphatic rings. The van der Waals surface area contributed by atoms with Crippen molar-refractivity contribution in [3.63, 3.8) is 0 Å². The second kappa shape index (κ2) is 8.13. The third-order valence-corrected chi connectivity index (χ3v) is 2.46. The number of nitrogens with one attached hydrogen (secondary N) is 1. The summed E-state index contributed by atoms with van der Waals surface area (Å²) >= 11 is 0. The monoisotopic (exact) mass is 283 g/mol. The van der Waals surface area contributed by atoms with Gasteiger partial charge < -0.3 is 25.4 Å². The summed E-state index contributed by atoms with van der Waals surface area (Å²) in [6.07, 6.45) is -1.49. The first-order valence-corrected chi connectivity index (χ1v) is 6.03. The van der Waals surface area contributed by atoms with Gasteiger partial charge in [-0.3, -0.25) is 9.59 Å². The van der Waals surface area contributed by atoms with Crippen LogP contribution in [-0.2, 0) is 9.59 Å². The average Bonchev–Trinajstić information content (AvgIpc) is 2.41. The van der Waals surface area contributed by atoms with Crippen LogP contribution in [0.3, 0.4) is 0 Å². The summed E-state index contributed by atoms with van der Waals surface area (Å²) in [6, 6.07) is 7.61. The topological polar surface area (TPSA) is 116 Å². The van der Waals surface area contributed by atoms with Crippen LogP contribution in [0.1, 0.15) is 6.42 Å². The van der Waals surface area contributed by atoms with E-state index in [1.165, 1.54) is 0 Å². The Bertz CT molecular complexity index is 436. The molecule has 0 saturated carbocycles. The summed E-state index contributed by atoms with van der Waals surface area (Å²) in [7, 11) is 0. The number of ether oxygens (including phenoxy) is 1. The number of hydrogen-bond donors (Lipinski definition) is 4. The van der Waals surface area contributed by atoms with E-state index in [4.69, 9.17) is 14.9 Å². The third kappa shape index (κ3) is 6.17. The second-order valence-corrected chi connectivity index (χ2v) is 4.17. The van der Waals surface area contributed by atoms with Crippen LogP contribution in [0.5, 0.6) is 5.75 Å². The molecule has 0 unspecified atom stereocenters. The minimum atomic E-state index is -1.27. The highest BCUT2D eigenvalue weighted by molar-refractivity contribution is 5.80. The fourth-order valence-electron chi connectivity index (χ4n) is 1.47. The summed E-state index contributed by atoms with van der Waals surface area (Å²) in [6.45, 7) is -0.0898. The fraction of sp³-hybridized carbons (Fsp3) is 0.385. The molecule has 0 spiro atoms. The highest BCUT2D eigenvalue weighted by Crippen LogP contribution is 2.08. The molecule has 20 heavy (non-hydrogen) atoms. The zero-order valence-electron chi connectivity index (χ0n) is 10.7. The lowest BCUT2D eigenvalue weighted by molar-refractivity contribution is -0.146. The van der Waals surface area contributed by atoms with Crippen molar-refractivity contribution < 1.29 is 29.6 Å². The molecule has 7 nitrogen and oxygen atoms in total. The zero-order valence-corrected chi connectivity index (χ0v) is 10.7. The van der Waals surface area contributed by atoms with Crippen LogP contribution in [0.25, 0.3) is 0 Å². The van der Waals surface area contributed by atoms with Crippen molar-refractivity contribution in [2.45, 2.75) is 18.6 Å². The number of carboxylic acids is 2. The predicted octanol–water partition coefficient (Wildman–Crippen LogP) is -0.0562. The number of para-hydroxylation sites is 1. The van der Waals surface area contributed by atoms with Gasteiger partial charge in [0.2, 0.25) is 0 Å². The van der Waals surface area contributed by atoms with E-state index in [-0.39, 0.29) is 13.2 Å². The van der Waals surface area contributed by atoms with Gasteiger partial charge in [0, 0.05) is 6.54 Å². The molecule has 0 saturated heterocycles. The molecule has 0 radical (unpaired) electrons. The van der Waals surface area contributed by atoms with E-state index < -0.39 is 30.5 Å². The Labute approximate surface area is 115 Å². The molecule has 0 bridgehead atoms. The predicted molar refractivity (Wildman–Crippen MR) is 69.6 cm³/mol. The second-order valence-electron chi connectivity index (χ2n) is 4.17. The highest BCUT2D eigenvalue weighted by atomic mass is 16.5. The van der Waals surface area contributed by atoms with E-state index in [0.29, 0.717) is 5.75 Å². The van der Waals surface area contributed by atoms with Crippen molar-refractivity contribution in [2.24, 2.45) is 0 Å². The summed E-state index contributed by atoms with van der Waals surface area (Å²) in [5, 5.41) is 29.5. The SMILES string of the molecule is O=C(O)C[C@H](NC[C@@H](O)COc1ccccc1)C(=O)O. The maximum Gasteiger partial charge on any atom is 0.321 e. The minimum absolute atomic E-state index is 0.0174. The Morgan fingerprint density at radius 1 is 1.20 bits per heavy atom. The Kier molecular flexibility index (Phi) is 6.48. The Hall–Kier alpha value is -2.12. The van der Waals surface area contributed by atoms with Crippen LogP contribution >= 0.6 is 0 Å². The number of aliphatic carboxylic acids is 2. The number of aliphatic hydroxyl groups is 1. The molecule has 1 rings (SSSR count). The van der Waals surface area contributed by atoms with Gasteiger partial charge in [0.25, 0.3) is 0 Å². The van der Waals surface area contributed by atoms with Crippen LogP contribution in [-0.4, -0.2) is 52.6 Å². The van der Waals surface area contributed by atoms with Crippen LogP contribution in [0.4, 0.5) is 0 Å². The number of hydrogen-bond acceptors (Lipinski definition) is 5. The normalized spacial score (nSPS) is 13.4. The van der Waals surface area contributed by atoms with Crippen molar-refractivity contribution in [3.8, 4) is 5.75 Å². The quantitative estimate of drug-likeness (QED) is 0.502. The molecule has 1 aromatic rings. The Morgan fingerprint density at radius 3 is 2.40 bits per heavy atom. The molecule has 0 aliphatic heterocycles. The van der Waals surface area contributed by atoms with Gasteiger partial charge in [-0.25, -0.2) is 0 Å². The molecule has 0 aliphatic carbocycles. The highest BCUT2D eigenvalue weighted by Gasteiger charge is 2.21. The van der Waals surface area contributed by atoms with Gasteiger partial charge in [-0.1, -0.05) is 18.2 Å².